The zero-order chi connectivity index (χ0) is 15.4. The number of fused-ring (bicyclic) bond motifs is 1. The van der Waals surface area contributed by atoms with E-state index in [0.717, 1.165) is 11.1 Å². The number of aliphatic imine (C=N–C) groups is 1. The molecule has 0 amide bonds. The number of nitrogens with one attached hydrogen (secondary N) is 1. The number of hydrogen-bond donors (Lipinski definition) is 4. The second kappa shape index (κ2) is 5.87. The van der Waals surface area contributed by atoms with Gasteiger partial charge in [-0.05, 0) is 12.1 Å². The summed E-state index contributed by atoms with van der Waals surface area (Å²) in [5.41, 5.74) is 7.18. The van der Waals surface area contributed by atoms with Gasteiger partial charge in [-0.25, -0.2) is 9.79 Å². The van der Waals surface area contributed by atoms with Gasteiger partial charge in [0, 0.05) is 11.1 Å². The summed E-state index contributed by atoms with van der Waals surface area (Å²) >= 11 is 0. The van der Waals surface area contributed by atoms with Crippen molar-refractivity contribution in [2.45, 2.75) is 0 Å². The summed E-state index contributed by atoms with van der Waals surface area (Å²) in [6, 6.07) is 13.3. The zero-order valence-corrected chi connectivity index (χ0v) is 10.9. The van der Waals surface area contributed by atoms with E-state index < -0.39 is 5.97 Å². The van der Waals surface area contributed by atoms with E-state index in [1.54, 1.807) is 12.1 Å². The van der Waals surface area contributed by atoms with Gasteiger partial charge in [-0.1, -0.05) is 36.4 Å². The molecule has 6 heteroatoms. The second-order valence-electron chi connectivity index (χ2n) is 4.21. The van der Waals surface area contributed by atoms with Gasteiger partial charge >= 0.3 is 5.97 Å². The van der Waals surface area contributed by atoms with Crippen molar-refractivity contribution < 1.29 is 15.0 Å². The maximum atomic E-state index is 10.3. The normalized spacial score (nSPS) is 12.0. The summed E-state index contributed by atoms with van der Waals surface area (Å²) in [5.74, 6) is -0.600. The quantitative estimate of drug-likeness (QED) is 0.638. The first-order valence-corrected chi connectivity index (χ1v) is 6.04. The molecule has 0 bridgehead atoms. The van der Waals surface area contributed by atoms with Crippen molar-refractivity contribution >= 4 is 17.6 Å². The molecule has 21 heavy (non-hydrogen) atoms. The smallest absolute Gasteiger partial charge is 0.339 e. The first-order chi connectivity index (χ1) is 10.0. The minimum atomic E-state index is -1.11. The molecule has 0 radical (unpaired) electrons. The van der Waals surface area contributed by atoms with Crippen molar-refractivity contribution in [1.82, 2.24) is 0 Å². The molecule has 0 unspecified atom stereocenters. The van der Waals surface area contributed by atoms with Crippen LogP contribution in [-0.4, -0.2) is 27.9 Å². The third kappa shape index (κ3) is 3.06. The van der Waals surface area contributed by atoms with E-state index in [4.69, 9.17) is 21.4 Å². The number of phenols is 1. The number of carboxylic acids is 1. The Labute approximate surface area is 120 Å². The van der Waals surface area contributed by atoms with Gasteiger partial charge in [-0.15, -0.1) is 0 Å². The van der Waals surface area contributed by atoms with Gasteiger partial charge in [0.25, 0.3) is 0 Å². The summed E-state index contributed by atoms with van der Waals surface area (Å²) in [4.78, 5) is 14.1. The van der Waals surface area contributed by atoms with Crippen molar-refractivity contribution in [2.24, 2.45) is 10.7 Å². The predicted octanol–water partition coefficient (Wildman–Crippen LogP) is 1.82. The number of carbonyl (C=O) groups is 1. The molecule has 0 aliphatic carbocycles. The Hall–Kier alpha value is -3.15. The molecule has 0 aromatic heterocycles. The molecule has 2 aromatic carbocycles. The number of rotatable bonds is 1. The Morgan fingerprint density at radius 3 is 2.14 bits per heavy atom. The monoisotopic (exact) mass is 283 g/mol. The highest BCUT2D eigenvalue weighted by Crippen LogP contribution is 2.15. The average Bonchev–Trinajstić information content (AvgIpc) is 2.76. The number of aromatic hydroxyl groups is 1. The fourth-order valence-corrected chi connectivity index (χ4v) is 1.81. The van der Waals surface area contributed by atoms with E-state index in [-0.39, 0.29) is 17.1 Å². The first kappa shape index (κ1) is 14.3. The molecule has 0 atom stereocenters. The van der Waals surface area contributed by atoms with Crippen LogP contribution in [-0.2, 0) is 0 Å². The van der Waals surface area contributed by atoms with E-state index >= 15 is 0 Å². The Balaban J connectivity index is 0.000000155. The SMILES string of the molecule is N=C1N=C(N)c2ccccc21.O=C(O)c1ccccc1O. The van der Waals surface area contributed by atoms with Crippen molar-refractivity contribution in [3.63, 3.8) is 0 Å². The zero-order valence-electron chi connectivity index (χ0n) is 10.9. The van der Waals surface area contributed by atoms with Crippen LogP contribution in [0.5, 0.6) is 5.75 Å². The molecule has 106 valence electrons. The Morgan fingerprint density at radius 2 is 1.62 bits per heavy atom. The number of nitrogens with zero attached hydrogens (tertiary/aromatic N) is 1. The first-order valence-electron chi connectivity index (χ1n) is 6.04. The number of benzene rings is 2. The van der Waals surface area contributed by atoms with Crippen molar-refractivity contribution in [3.8, 4) is 5.75 Å². The van der Waals surface area contributed by atoms with Gasteiger partial charge in [0.2, 0.25) is 0 Å². The highest BCUT2D eigenvalue weighted by Gasteiger charge is 2.16. The molecule has 6 nitrogen and oxygen atoms in total. The van der Waals surface area contributed by atoms with E-state index in [1.165, 1.54) is 12.1 Å². The molecule has 5 N–H and O–H groups in total. The topological polar surface area (TPSA) is 120 Å². The minimum Gasteiger partial charge on any atom is -0.507 e. The Kier molecular flexibility index (Phi) is 3.99. The standard InChI is InChI=1S/C8H7N3.C7H6O3/c9-7-5-3-1-2-4-6(5)8(10)11-7;8-6-4-2-1-3-5(6)7(9)10/h1-4H,(H3,9,10,11);1-4,8H,(H,9,10). The van der Waals surface area contributed by atoms with Gasteiger partial charge in [0.15, 0.2) is 5.84 Å². The summed E-state index contributed by atoms with van der Waals surface area (Å²) in [5, 5.41) is 24.7. The van der Waals surface area contributed by atoms with E-state index in [1.807, 2.05) is 24.3 Å². The van der Waals surface area contributed by atoms with Crippen LogP contribution in [0.25, 0.3) is 0 Å². The predicted molar refractivity (Wildman–Crippen MR) is 79.1 cm³/mol. The maximum absolute atomic E-state index is 10.3. The third-order valence-corrected chi connectivity index (χ3v) is 2.82. The van der Waals surface area contributed by atoms with Crippen LogP contribution in [0, 0.1) is 5.41 Å². The molecule has 0 saturated heterocycles. The summed E-state index contributed by atoms with van der Waals surface area (Å²) < 4.78 is 0. The lowest BCUT2D eigenvalue weighted by molar-refractivity contribution is 0.0693. The Bertz CT molecular complexity index is 738. The van der Waals surface area contributed by atoms with E-state index in [0.29, 0.717) is 5.84 Å². The third-order valence-electron chi connectivity index (χ3n) is 2.82. The highest BCUT2D eigenvalue weighted by molar-refractivity contribution is 6.20. The number of hydrogen-bond acceptors (Lipinski definition) is 4. The molecule has 1 aliphatic rings. The lowest BCUT2D eigenvalue weighted by Crippen LogP contribution is -2.09. The average molecular weight is 283 g/mol. The Morgan fingerprint density at radius 1 is 1.05 bits per heavy atom. The lowest BCUT2D eigenvalue weighted by atomic mass is 10.1. The van der Waals surface area contributed by atoms with Gasteiger partial charge in [0.1, 0.15) is 17.1 Å². The number of amidine groups is 2. The summed E-state index contributed by atoms with van der Waals surface area (Å²) in [6.07, 6.45) is 0. The van der Waals surface area contributed by atoms with Crippen LogP contribution in [0.1, 0.15) is 21.5 Å². The minimum absolute atomic E-state index is 0.0671. The van der Waals surface area contributed by atoms with Crippen LogP contribution in [0.15, 0.2) is 53.5 Å². The van der Waals surface area contributed by atoms with Gasteiger partial charge in [-0.3, -0.25) is 5.41 Å². The second-order valence-corrected chi connectivity index (χ2v) is 4.21. The van der Waals surface area contributed by atoms with Gasteiger partial charge in [0.05, 0.1) is 0 Å². The van der Waals surface area contributed by atoms with Crippen LogP contribution in [0.2, 0.25) is 0 Å². The molecule has 0 spiro atoms. The number of aromatic carboxylic acids is 1. The van der Waals surface area contributed by atoms with Crippen LogP contribution >= 0.6 is 0 Å². The van der Waals surface area contributed by atoms with Crippen molar-refractivity contribution in [2.75, 3.05) is 0 Å². The largest absolute Gasteiger partial charge is 0.507 e. The molecule has 1 aliphatic heterocycles. The van der Waals surface area contributed by atoms with Crippen molar-refractivity contribution in [1.29, 1.82) is 5.41 Å². The highest BCUT2D eigenvalue weighted by atomic mass is 16.4. The van der Waals surface area contributed by atoms with E-state index in [2.05, 4.69) is 4.99 Å². The van der Waals surface area contributed by atoms with Crippen LogP contribution in [0.4, 0.5) is 0 Å². The van der Waals surface area contributed by atoms with Crippen LogP contribution in [0.3, 0.4) is 0 Å². The number of carboxylic acid groups (broad SMARTS) is 1. The van der Waals surface area contributed by atoms with Gasteiger partial charge in [-0.2, -0.15) is 0 Å². The molecule has 3 rings (SSSR count). The van der Waals surface area contributed by atoms with Crippen LogP contribution < -0.4 is 5.73 Å². The fourth-order valence-electron chi connectivity index (χ4n) is 1.81. The fraction of sp³-hybridized carbons (Fsp3) is 0. The molecular weight excluding hydrogens is 270 g/mol. The van der Waals surface area contributed by atoms with Crippen molar-refractivity contribution in [3.05, 3.63) is 65.2 Å². The number of nitrogens with two attached hydrogens (primary N) is 1. The summed E-state index contributed by atoms with van der Waals surface area (Å²) in [7, 11) is 0. The maximum Gasteiger partial charge on any atom is 0.339 e. The molecule has 0 saturated carbocycles. The van der Waals surface area contributed by atoms with E-state index in [9.17, 15) is 4.79 Å². The number of para-hydroxylation sites is 1. The lowest BCUT2D eigenvalue weighted by Gasteiger charge is -1.95. The molecule has 1 heterocycles. The molecular formula is C15H13N3O3. The molecule has 0 fully saturated rings. The summed E-state index contributed by atoms with van der Waals surface area (Å²) in [6.45, 7) is 0. The molecule has 2 aromatic rings. The van der Waals surface area contributed by atoms with Gasteiger partial charge < -0.3 is 15.9 Å².